The van der Waals surface area contributed by atoms with Crippen LogP contribution in [-0.4, -0.2) is 40.8 Å². The van der Waals surface area contributed by atoms with E-state index in [2.05, 4.69) is 10.3 Å². The Bertz CT molecular complexity index is 1020. The highest BCUT2D eigenvalue weighted by atomic mass is 16.2. The predicted octanol–water partition coefficient (Wildman–Crippen LogP) is 3.58. The Morgan fingerprint density at radius 1 is 1.00 bits per heavy atom. The number of fused-ring (bicyclic) bond motifs is 1. The third kappa shape index (κ3) is 3.60. The molecule has 1 aliphatic rings. The number of aromatic nitrogens is 1. The molecule has 0 aliphatic carbocycles. The smallest absolute Gasteiger partial charge is 0.273 e. The second-order valence-corrected chi connectivity index (χ2v) is 7.24. The van der Waals surface area contributed by atoms with Gasteiger partial charge in [0.15, 0.2) is 0 Å². The zero-order chi connectivity index (χ0) is 19.5. The molecule has 142 valence electrons. The fourth-order valence-electron chi connectivity index (χ4n) is 3.76. The van der Waals surface area contributed by atoms with E-state index >= 15 is 0 Å². The maximum Gasteiger partial charge on any atom is 0.273 e. The highest BCUT2D eigenvalue weighted by molar-refractivity contribution is 6.05. The standard InChI is InChI=1S/C23H23N3O2/c1-16-6-2-4-8-19(16)22(27)25-18-11-14-26(15-12-18)23(28)21-20-9-5-3-7-17(20)10-13-24-21/h2-10,13,18H,11-12,14-15H2,1H3,(H,25,27). The Hall–Kier alpha value is -3.21. The number of likely N-dealkylation sites (tertiary alicyclic amines) is 1. The number of rotatable bonds is 3. The molecule has 5 nitrogen and oxygen atoms in total. The Balaban J connectivity index is 1.41. The second kappa shape index (κ2) is 7.80. The zero-order valence-corrected chi connectivity index (χ0v) is 15.9. The quantitative estimate of drug-likeness (QED) is 0.763. The fraction of sp³-hybridized carbons (Fsp3) is 0.261. The van der Waals surface area contributed by atoms with Crippen molar-refractivity contribution in [2.24, 2.45) is 0 Å². The third-order valence-corrected chi connectivity index (χ3v) is 5.38. The van der Waals surface area contributed by atoms with E-state index < -0.39 is 0 Å². The maximum absolute atomic E-state index is 13.0. The maximum atomic E-state index is 13.0. The SMILES string of the molecule is Cc1ccccc1C(=O)NC1CCN(C(=O)c2nccc3ccccc23)CC1. The van der Waals surface area contributed by atoms with E-state index in [0.29, 0.717) is 24.3 Å². The average molecular weight is 373 g/mol. The van der Waals surface area contributed by atoms with E-state index in [9.17, 15) is 9.59 Å². The Kier molecular flexibility index (Phi) is 5.06. The summed E-state index contributed by atoms with van der Waals surface area (Å²) in [5, 5.41) is 5.01. The molecule has 5 heteroatoms. The number of piperidine rings is 1. The van der Waals surface area contributed by atoms with Crippen molar-refractivity contribution in [3.8, 4) is 0 Å². The summed E-state index contributed by atoms with van der Waals surface area (Å²) < 4.78 is 0. The van der Waals surface area contributed by atoms with Crippen LogP contribution in [-0.2, 0) is 0 Å². The van der Waals surface area contributed by atoms with Crippen molar-refractivity contribution in [3.05, 3.63) is 77.6 Å². The van der Waals surface area contributed by atoms with Gasteiger partial charge in [0.2, 0.25) is 0 Å². The van der Waals surface area contributed by atoms with Gasteiger partial charge in [0.1, 0.15) is 5.69 Å². The summed E-state index contributed by atoms with van der Waals surface area (Å²) in [5.41, 5.74) is 2.18. The molecule has 0 saturated carbocycles. The van der Waals surface area contributed by atoms with Gasteiger partial charge in [0.05, 0.1) is 0 Å². The number of amides is 2. The van der Waals surface area contributed by atoms with Crippen LogP contribution in [0.15, 0.2) is 60.8 Å². The lowest BCUT2D eigenvalue weighted by atomic mass is 10.0. The molecule has 0 spiro atoms. The van der Waals surface area contributed by atoms with E-state index in [4.69, 9.17) is 0 Å². The van der Waals surface area contributed by atoms with Crippen LogP contribution in [0.2, 0.25) is 0 Å². The topological polar surface area (TPSA) is 62.3 Å². The van der Waals surface area contributed by atoms with Gasteiger partial charge in [0.25, 0.3) is 11.8 Å². The van der Waals surface area contributed by atoms with Gasteiger partial charge >= 0.3 is 0 Å². The van der Waals surface area contributed by atoms with E-state index in [0.717, 1.165) is 29.2 Å². The highest BCUT2D eigenvalue weighted by Crippen LogP contribution is 2.20. The van der Waals surface area contributed by atoms with Crippen LogP contribution in [0.4, 0.5) is 0 Å². The van der Waals surface area contributed by atoms with Gasteiger partial charge in [-0.15, -0.1) is 0 Å². The van der Waals surface area contributed by atoms with Crippen molar-refractivity contribution >= 4 is 22.6 Å². The van der Waals surface area contributed by atoms with Crippen molar-refractivity contribution < 1.29 is 9.59 Å². The molecule has 1 fully saturated rings. The molecule has 1 aromatic heterocycles. The minimum Gasteiger partial charge on any atom is -0.349 e. The Morgan fingerprint density at radius 3 is 2.50 bits per heavy atom. The van der Waals surface area contributed by atoms with Gasteiger partial charge in [-0.1, -0.05) is 42.5 Å². The lowest BCUT2D eigenvalue weighted by molar-refractivity contribution is 0.0694. The van der Waals surface area contributed by atoms with Gasteiger partial charge in [-0.3, -0.25) is 14.6 Å². The van der Waals surface area contributed by atoms with Crippen molar-refractivity contribution in [3.63, 3.8) is 0 Å². The normalized spacial score (nSPS) is 14.8. The Morgan fingerprint density at radius 2 is 1.71 bits per heavy atom. The molecule has 2 heterocycles. The van der Waals surface area contributed by atoms with Crippen LogP contribution in [0.5, 0.6) is 0 Å². The summed E-state index contributed by atoms with van der Waals surface area (Å²) in [6.07, 6.45) is 3.17. The van der Waals surface area contributed by atoms with Gasteiger partial charge in [-0.05, 0) is 42.8 Å². The molecule has 1 aliphatic heterocycles. The average Bonchev–Trinajstić information content (AvgIpc) is 2.73. The number of carbonyl (C=O) groups excluding carboxylic acids is 2. The molecular formula is C23H23N3O2. The monoisotopic (exact) mass is 373 g/mol. The van der Waals surface area contributed by atoms with E-state index in [-0.39, 0.29) is 17.9 Å². The van der Waals surface area contributed by atoms with Crippen LogP contribution < -0.4 is 5.32 Å². The summed E-state index contributed by atoms with van der Waals surface area (Å²) in [4.78, 5) is 31.7. The summed E-state index contributed by atoms with van der Waals surface area (Å²) >= 11 is 0. The number of aryl methyl sites for hydroxylation is 1. The zero-order valence-electron chi connectivity index (χ0n) is 15.9. The summed E-state index contributed by atoms with van der Waals surface area (Å²) in [5.74, 6) is -0.0842. The van der Waals surface area contributed by atoms with Gasteiger partial charge in [-0.25, -0.2) is 0 Å². The molecule has 2 amide bonds. The van der Waals surface area contributed by atoms with Crippen molar-refractivity contribution in [1.29, 1.82) is 0 Å². The van der Waals surface area contributed by atoms with Gasteiger partial charge < -0.3 is 10.2 Å². The van der Waals surface area contributed by atoms with Crippen molar-refractivity contribution in [2.75, 3.05) is 13.1 Å². The lowest BCUT2D eigenvalue weighted by Gasteiger charge is -2.32. The molecule has 1 N–H and O–H groups in total. The molecule has 0 bridgehead atoms. The number of carbonyl (C=O) groups is 2. The van der Waals surface area contributed by atoms with Crippen LogP contribution in [0.3, 0.4) is 0 Å². The number of hydrogen-bond acceptors (Lipinski definition) is 3. The number of benzene rings is 2. The Labute approximate surface area is 164 Å². The summed E-state index contributed by atoms with van der Waals surface area (Å²) in [7, 11) is 0. The minimum atomic E-state index is -0.0430. The van der Waals surface area contributed by atoms with Crippen molar-refractivity contribution in [1.82, 2.24) is 15.2 Å². The first-order chi connectivity index (χ1) is 13.6. The number of nitrogens with one attached hydrogen (secondary N) is 1. The number of hydrogen-bond donors (Lipinski definition) is 1. The molecule has 2 aromatic carbocycles. The van der Waals surface area contributed by atoms with Crippen LogP contribution in [0.25, 0.3) is 10.8 Å². The van der Waals surface area contributed by atoms with Gasteiger partial charge in [0, 0.05) is 36.3 Å². The molecule has 0 unspecified atom stereocenters. The first kappa shape index (κ1) is 18.2. The van der Waals surface area contributed by atoms with Crippen LogP contribution >= 0.6 is 0 Å². The van der Waals surface area contributed by atoms with Crippen LogP contribution in [0, 0.1) is 6.92 Å². The number of nitrogens with zero attached hydrogens (tertiary/aromatic N) is 2. The summed E-state index contributed by atoms with van der Waals surface area (Å²) in [6.45, 7) is 3.16. The predicted molar refractivity (Wildman–Crippen MR) is 109 cm³/mol. The summed E-state index contributed by atoms with van der Waals surface area (Å²) in [6, 6.07) is 17.4. The minimum absolute atomic E-state index is 0.0412. The molecule has 0 atom stereocenters. The molecule has 3 aromatic rings. The second-order valence-electron chi connectivity index (χ2n) is 7.24. The number of pyridine rings is 1. The molecular weight excluding hydrogens is 350 g/mol. The van der Waals surface area contributed by atoms with Crippen LogP contribution in [0.1, 0.15) is 39.3 Å². The van der Waals surface area contributed by atoms with Crippen molar-refractivity contribution in [2.45, 2.75) is 25.8 Å². The highest BCUT2D eigenvalue weighted by Gasteiger charge is 2.26. The first-order valence-corrected chi connectivity index (χ1v) is 9.63. The molecule has 4 rings (SSSR count). The first-order valence-electron chi connectivity index (χ1n) is 9.63. The van der Waals surface area contributed by atoms with E-state index in [1.807, 2.05) is 66.4 Å². The van der Waals surface area contributed by atoms with E-state index in [1.54, 1.807) is 6.20 Å². The molecule has 28 heavy (non-hydrogen) atoms. The largest absolute Gasteiger partial charge is 0.349 e. The van der Waals surface area contributed by atoms with E-state index in [1.165, 1.54) is 0 Å². The molecule has 0 radical (unpaired) electrons. The molecule has 1 saturated heterocycles. The fourth-order valence-corrected chi connectivity index (χ4v) is 3.76. The third-order valence-electron chi connectivity index (χ3n) is 5.38. The lowest BCUT2D eigenvalue weighted by Crippen LogP contribution is -2.46. The van der Waals surface area contributed by atoms with Gasteiger partial charge in [-0.2, -0.15) is 0 Å².